The van der Waals surface area contributed by atoms with Crippen LogP contribution in [0.1, 0.15) is 24.5 Å². The van der Waals surface area contributed by atoms with Gasteiger partial charge >= 0.3 is 0 Å². The average Bonchev–Trinajstić information content (AvgIpc) is 2.41. The van der Waals surface area contributed by atoms with Crippen LogP contribution >= 0.6 is 11.6 Å². The maximum atomic E-state index is 10.9. The summed E-state index contributed by atoms with van der Waals surface area (Å²) in [5, 5.41) is 11.5. The summed E-state index contributed by atoms with van der Waals surface area (Å²) >= 11 is 6.00. The number of aliphatic hydroxyl groups is 1. The van der Waals surface area contributed by atoms with E-state index in [1.165, 1.54) is 0 Å². The lowest BCUT2D eigenvalue weighted by Gasteiger charge is -2.29. The molecule has 2 aromatic rings. The van der Waals surface area contributed by atoms with Gasteiger partial charge in [0.1, 0.15) is 5.60 Å². The van der Waals surface area contributed by atoms with Crippen LogP contribution in [0.5, 0.6) is 0 Å². The van der Waals surface area contributed by atoms with Crippen molar-refractivity contribution in [3.8, 4) is 0 Å². The van der Waals surface area contributed by atoms with Crippen LogP contribution in [0.15, 0.2) is 48.5 Å². The first kappa shape index (κ1) is 12.9. The molecule has 18 heavy (non-hydrogen) atoms. The number of nitrogens with two attached hydrogens (primary N) is 1. The minimum absolute atomic E-state index is 0.529. The third-order valence-electron chi connectivity index (χ3n) is 3.22. The number of rotatable bonds is 3. The third kappa shape index (κ3) is 2.22. The number of halogens is 1. The Bertz CT molecular complexity index is 541. The number of anilines is 1. The zero-order valence-electron chi connectivity index (χ0n) is 10.2. The van der Waals surface area contributed by atoms with E-state index in [1.54, 1.807) is 18.2 Å². The van der Waals surface area contributed by atoms with Gasteiger partial charge in [0.15, 0.2) is 0 Å². The van der Waals surface area contributed by atoms with Gasteiger partial charge in [-0.05, 0) is 30.2 Å². The van der Waals surface area contributed by atoms with Gasteiger partial charge in [0, 0.05) is 16.3 Å². The van der Waals surface area contributed by atoms with Gasteiger partial charge in [-0.1, -0.05) is 48.9 Å². The standard InChI is InChI=1S/C15H16ClNO/c1-2-15(18,11-6-4-3-5-7-11)13-10-12(16)8-9-14(13)17/h3-10,18H,2,17H2,1H3/t15-/m1/s1. The van der Waals surface area contributed by atoms with E-state index in [-0.39, 0.29) is 0 Å². The molecule has 0 fully saturated rings. The Balaban J connectivity index is 2.60. The largest absolute Gasteiger partial charge is 0.398 e. The van der Waals surface area contributed by atoms with Crippen LogP contribution in [-0.2, 0) is 5.60 Å². The molecule has 94 valence electrons. The van der Waals surface area contributed by atoms with E-state index < -0.39 is 5.60 Å². The van der Waals surface area contributed by atoms with Crippen LogP contribution in [0.3, 0.4) is 0 Å². The molecule has 0 amide bonds. The summed E-state index contributed by atoms with van der Waals surface area (Å²) in [5.41, 5.74) is 6.89. The van der Waals surface area contributed by atoms with E-state index in [1.807, 2.05) is 37.3 Å². The Morgan fingerprint density at radius 2 is 1.83 bits per heavy atom. The van der Waals surface area contributed by atoms with Crippen molar-refractivity contribution in [3.05, 3.63) is 64.7 Å². The molecule has 0 saturated heterocycles. The second-order valence-corrected chi connectivity index (χ2v) is 4.75. The van der Waals surface area contributed by atoms with Gasteiger partial charge in [0.25, 0.3) is 0 Å². The topological polar surface area (TPSA) is 46.2 Å². The highest BCUT2D eigenvalue weighted by molar-refractivity contribution is 6.30. The van der Waals surface area contributed by atoms with E-state index in [9.17, 15) is 5.11 Å². The first-order valence-corrected chi connectivity index (χ1v) is 6.29. The van der Waals surface area contributed by atoms with E-state index in [2.05, 4.69) is 0 Å². The van der Waals surface area contributed by atoms with E-state index in [4.69, 9.17) is 17.3 Å². The Morgan fingerprint density at radius 1 is 1.17 bits per heavy atom. The van der Waals surface area contributed by atoms with Gasteiger partial charge in [-0.25, -0.2) is 0 Å². The number of nitrogen functional groups attached to an aromatic ring is 1. The van der Waals surface area contributed by atoms with Gasteiger partial charge in [-0.15, -0.1) is 0 Å². The zero-order valence-corrected chi connectivity index (χ0v) is 11.0. The second-order valence-electron chi connectivity index (χ2n) is 4.31. The summed E-state index contributed by atoms with van der Waals surface area (Å²) < 4.78 is 0. The van der Waals surface area contributed by atoms with Gasteiger partial charge in [-0.2, -0.15) is 0 Å². The van der Waals surface area contributed by atoms with Crippen molar-refractivity contribution in [1.82, 2.24) is 0 Å². The molecule has 2 rings (SSSR count). The first-order chi connectivity index (χ1) is 8.58. The van der Waals surface area contributed by atoms with Crippen molar-refractivity contribution in [2.75, 3.05) is 5.73 Å². The van der Waals surface area contributed by atoms with Crippen molar-refractivity contribution in [1.29, 1.82) is 0 Å². The normalized spacial score (nSPS) is 14.2. The molecule has 0 spiro atoms. The van der Waals surface area contributed by atoms with Crippen LogP contribution in [0.2, 0.25) is 5.02 Å². The van der Waals surface area contributed by atoms with Crippen LogP contribution in [0.4, 0.5) is 5.69 Å². The maximum absolute atomic E-state index is 10.9. The van der Waals surface area contributed by atoms with Crippen molar-refractivity contribution in [2.45, 2.75) is 18.9 Å². The molecule has 3 heteroatoms. The number of benzene rings is 2. The van der Waals surface area contributed by atoms with Gasteiger partial charge in [-0.3, -0.25) is 0 Å². The third-order valence-corrected chi connectivity index (χ3v) is 3.46. The van der Waals surface area contributed by atoms with Crippen LogP contribution < -0.4 is 5.73 Å². The summed E-state index contributed by atoms with van der Waals surface area (Å²) in [5.74, 6) is 0. The lowest BCUT2D eigenvalue weighted by molar-refractivity contribution is 0.0773. The van der Waals surface area contributed by atoms with Crippen LogP contribution in [-0.4, -0.2) is 5.11 Å². The molecule has 0 radical (unpaired) electrons. The average molecular weight is 262 g/mol. The highest BCUT2D eigenvalue weighted by Gasteiger charge is 2.31. The summed E-state index contributed by atoms with van der Waals surface area (Å²) in [7, 11) is 0. The van der Waals surface area contributed by atoms with Gasteiger partial charge < -0.3 is 10.8 Å². The molecular formula is C15H16ClNO. The molecule has 1 atom stereocenters. The zero-order chi connectivity index (χ0) is 13.2. The molecule has 0 aromatic heterocycles. The molecule has 2 nitrogen and oxygen atoms in total. The fourth-order valence-corrected chi connectivity index (χ4v) is 2.32. The summed E-state index contributed by atoms with van der Waals surface area (Å²) in [4.78, 5) is 0. The summed E-state index contributed by atoms with van der Waals surface area (Å²) in [6.07, 6.45) is 0.529. The van der Waals surface area contributed by atoms with Gasteiger partial charge in [0.2, 0.25) is 0 Å². The Morgan fingerprint density at radius 3 is 2.44 bits per heavy atom. The van der Waals surface area contributed by atoms with Gasteiger partial charge in [0.05, 0.1) is 0 Å². The van der Waals surface area contributed by atoms with Crippen molar-refractivity contribution < 1.29 is 5.11 Å². The molecule has 0 aliphatic carbocycles. The Labute approximate surface area is 112 Å². The molecule has 0 aliphatic rings. The highest BCUT2D eigenvalue weighted by Crippen LogP contribution is 2.37. The van der Waals surface area contributed by atoms with E-state index in [0.29, 0.717) is 22.7 Å². The van der Waals surface area contributed by atoms with Crippen molar-refractivity contribution in [3.63, 3.8) is 0 Å². The van der Waals surface area contributed by atoms with E-state index in [0.717, 1.165) is 5.56 Å². The Hall–Kier alpha value is -1.51. The fourth-order valence-electron chi connectivity index (χ4n) is 2.15. The SMILES string of the molecule is CC[C@@](O)(c1ccccc1)c1cc(Cl)ccc1N. The minimum atomic E-state index is -1.10. The summed E-state index contributed by atoms with van der Waals surface area (Å²) in [6, 6.07) is 14.7. The Kier molecular flexibility index (Phi) is 3.60. The molecule has 0 bridgehead atoms. The maximum Gasteiger partial charge on any atom is 0.116 e. The molecule has 0 heterocycles. The minimum Gasteiger partial charge on any atom is -0.398 e. The van der Waals surface area contributed by atoms with Crippen molar-refractivity contribution in [2.24, 2.45) is 0 Å². The lowest BCUT2D eigenvalue weighted by atomic mass is 9.83. The summed E-state index contributed by atoms with van der Waals surface area (Å²) in [6.45, 7) is 1.92. The molecule has 2 aromatic carbocycles. The molecule has 0 unspecified atom stereocenters. The first-order valence-electron chi connectivity index (χ1n) is 5.91. The number of hydrogen-bond donors (Lipinski definition) is 2. The highest BCUT2D eigenvalue weighted by atomic mass is 35.5. The predicted molar refractivity (Wildman–Crippen MR) is 75.6 cm³/mol. The fraction of sp³-hybridized carbons (Fsp3) is 0.200. The van der Waals surface area contributed by atoms with E-state index >= 15 is 0 Å². The lowest BCUT2D eigenvalue weighted by Crippen LogP contribution is -2.27. The smallest absolute Gasteiger partial charge is 0.116 e. The van der Waals surface area contributed by atoms with Crippen LogP contribution in [0, 0.1) is 0 Å². The monoisotopic (exact) mass is 261 g/mol. The van der Waals surface area contributed by atoms with Crippen LogP contribution in [0.25, 0.3) is 0 Å². The quantitative estimate of drug-likeness (QED) is 0.830. The predicted octanol–water partition coefficient (Wildman–Crippen LogP) is 3.57. The molecule has 0 saturated carbocycles. The van der Waals surface area contributed by atoms with Crippen molar-refractivity contribution >= 4 is 17.3 Å². The number of hydrogen-bond acceptors (Lipinski definition) is 2. The molecule has 0 aliphatic heterocycles. The second kappa shape index (κ2) is 5.01. The molecule has 3 N–H and O–H groups in total. The molecular weight excluding hydrogens is 246 g/mol.